The predicted molar refractivity (Wildman–Crippen MR) is 80.7 cm³/mol. The average molecular weight is 288 g/mol. The van der Waals surface area contributed by atoms with Gasteiger partial charge in [0.2, 0.25) is 5.91 Å². The summed E-state index contributed by atoms with van der Waals surface area (Å²) in [7, 11) is 0. The smallest absolute Gasteiger partial charge is 0.227 e. The number of amides is 1. The fourth-order valence-electron chi connectivity index (χ4n) is 1.83. The van der Waals surface area contributed by atoms with Crippen molar-refractivity contribution in [3.63, 3.8) is 0 Å². The van der Waals surface area contributed by atoms with Crippen molar-refractivity contribution in [2.75, 3.05) is 17.7 Å². The molecule has 0 aliphatic heterocycles. The summed E-state index contributed by atoms with van der Waals surface area (Å²) in [5.41, 5.74) is 7.24. The minimum Gasteiger partial charge on any atom is -0.493 e. The molecule has 0 bridgehead atoms. The summed E-state index contributed by atoms with van der Waals surface area (Å²) in [5.74, 6) is 0.0851. The minimum atomic E-state index is -0.437. The van der Waals surface area contributed by atoms with Gasteiger partial charge in [0.25, 0.3) is 0 Å². The summed E-state index contributed by atoms with van der Waals surface area (Å²) in [6, 6.07) is 11.4. The molecule has 5 heteroatoms. The van der Waals surface area contributed by atoms with Gasteiger partial charge in [-0.3, -0.25) is 4.79 Å². The summed E-state index contributed by atoms with van der Waals surface area (Å²) in [5, 5.41) is 2.63. The first-order chi connectivity index (χ1) is 10.1. The van der Waals surface area contributed by atoms with E-state index in [0.29, 0.717) is 5.69 Å². The zero-order valence-electron chi connectivity index (χ0n) is 11.7. The molecule has 2 aromatic carbocycles. The lowest BCUT2D eigenvalue weighted by molar-refractivity contribution is -0.116. The third-order valence-corrected chi connectivity index (χ3v) is 2.97. The molecular weight excluding hydrogens is 271 g/mol. The summed E-state index contributed by atoms with van der Waals surface area (Å²) in [4.78, 5) is 11.8. The lowest BCUT2D eigenvalue weighted by Gasteiger charge is -2.10. The van der Waals surface area contributed by atoms with Crippen LogP contribution in [0.2, 0.25) is 0 Å². The van der Waals surface area contributed by atoms with Gasteiger partial charge in [-0.25, -0.2) is 4.39 Å². The van der Waals surface area contributed by atoms with E-state index in [-0.39, 0.29) is 24.6 Å². The number of hydrogen-bond donors (Lipinski definition) is 2. The molecule has 2 rings (SSSR count). The molecule has 0 saturated carbocycles. The Labute approximate surface area is 122 Å². The normalized spacial score (nSPS) is 10.2. The van der Waals surface area contributed by atoms with Gasteiger partial charge in [0.05, 0.1) is 24.4 Å². The number of benzene rings is 2. The van der Waals surface area contributed by atoms with Crippen LogP contribution in [0.3, 0.4) is 0 Å². The van der Waals surface area contributed by atoms with Gasteiger partial charge in [-0.2, -0.15) is 0 Å². The highest BCUT2D eigenvalue weighted by Crippen LogP contribution is 2.19. The van der Waals surface area contributed by atoms with Crippen molar-refractivity contribution in [2.45, 2.75) is 13.3 Å². The number of ether oxygens (including phenoxy) is 1. The number of rotatable bonds is 5. The SMILES string of the molecule is Cc1ccccc1OCCC(=O)Nc1ccc(F)cc1N. The molecule has 4 nitrogen and oxygen atoms in total. The standard InChI is InChI=1S/C16H17FN2O2/c1-11-4-2-3-5-15(11)21-9-8-16(20)19-14-7-6-12(17)10-13(14)18/h2-7,10H,8-9,18H2,1H3,(H,19,20). The third kappa shape index (κ3) is 4.21. The molecule has 1 amide bonds. The van der Waals surface area contributed by atoms with E-state index in [2.05, 4.69) is 5.32 Å². The van der Waals surface area contributed by atoms with Crippen LogP contribution in [0.25, 0.3) is 0 Å². The largest absolute Gasteiger partial charge is 0.493 e. The number of nitrogen functional groups attached to an aromatic ring is 1. The number of carbonyl (C=O) groups is 1. The Kier molecular flexibility index (Phi) is 4.77. The Hall–Kier alpha value is -2.56. The number of nitrogens with two attached hydrogens (primary N) is 1. The fourth-order valence-corrected chi connectivity index (χ4v) is 1.83. The van der Waals surface area contributed by atoms with E-state index in [4.69, 9.17) is 10.5 Å². The Bertz CT molecular complexity index is 644. The summed E-state index contributed by atoms with van der Waals surface area (Å²) < 4.78 is 18.4. The molecule has 0 aromatic heterocycles. The van der Waals surface area contributed by atoms with Crippen LogP contribution in [0, 0.1) is 12.7 Å². The molecule has 0 aliphatic rings. The first kappa shape index (κ1) is 14.8. The molecule has 0 atom stereocenters. The van der Waals surface area contributed by atoms with Crippen molar-refractivity contribution in [3.05, 3.63) is 53.8 Å². The summed E-state index contributed by atoms with van der Waals surface area (Å²) >= 11 is 0. The van der Waals surface area contributed by atoms with E-state index in [1.165, 1.54) is 18.2 Å². The second-order valence-corrected chi connectivity index (χ2v) is 4.64. The Morgan fingerprint density at radius 2 is 2.05 bits per heavy atom. The Morgan fingerprint density at radius 3 is 2.76 bits per heavy atom. The topological polar surface area (TPSA) is 64.3 Å². The van der Waals surface area contributed by atoms with Crippen LogP contribution in [0.5, 0.6) is 5.75 Å². The van der Waals surface area contributed by atoms with Gasteiger partial charge < -0.3 is 15.8 Å². The van der Waals surface area contributed by atoms with Gasteiger partial charge in [0, 0.05) is 0 Å². The zero-order chi connectivity index (χ0) is 15.2. The number of hydrogen-bond acceptors (Lipinski definition) is 3. The predicted octanol–water partition coefficient (Wildman–Crippen LogP) is 3.12. The highest BCUT2D eigenvalue weighted by atomic mass is 19.1. The summed E-state index contributed by atoms with van der Waals surface area (Å²) in [6.45, 7) is 2.20. The molecule has 110 valence electrons. The maximum absolute atomic E-state index is 12.9. The monoisotopic (exact) mass is 288 g/mol. The summed E-state index contributed by atoms with van der Waals surface area (Å²) in [6.07, 6.45) is 0.186. The number of anilines is 2. The van der Waals surface area contributed by atoms with Crippen molar-refractivity contribution in [1.29, 1.82) is 0 Å². The van der Waals surface area contributed by atoms with Gasteiger partial charge >= 0.3 is 0 Å². The number of carbonyl (C=O) groups excluding carboxylic acids is 1. The molecule has 3 N–H and O–H groups in total. The molecule has 0 heterocycles. The van der Waals surface area contributed by atoms with Crippen LogP contribution < -0.4 is 15.8 Å². The number of para-hydroxylation sites is 1. The van der Waals surface area contributed by atoms with Crippen molar-refractivity contribution in [2.24, 2.45) is 0 Å². The van der Waals surface area contributed by atoms with E-state index >= 15 is 0 Å². The van der Waals surface area contributed by atoms with E-state index in [9.17, 15) is 9.18 Å². The van der Waals surface area contributed by atoms with Gasteiger partial charge in [-0.05, 0) is 36.8 Å². The van der Waals surface area contributed by atoms with Crippen LogP contribution in [0.15, 0.2) is 42.5 Å². The van der Waals surface area contributed by atoms with Gasteiger partial charge in [0.15, 0.2) is 0 Å². The highest BCUT2D eigenvalue weighted by Gasteiger charge is 2.07. The third-order valence-electron chi connectivity index (χ3n) is 2.97. The second kappa shape index (κ2) is 6.74. The van der Waals surface area contributed by atoms with E-state index in [1.54, 1.807) is 0 Å². The maximum atomic E-state index is 12.9. The van der Waals surface area contributed by atoms with Crippen LogP contribution in [0.4, 0.5) is 15.8 Å². The quantitative estimate of drug-likeness (QED) is 0.831. The molecule has 0 unspecified atom stereocenters. The molecule has 2 aromatic rings. The molecule has 0 aliphatic carbocycles. The van der Waals surface area contributed by atoms with E-state index < -0.39 is 5.82 Å². The van der Waals surface area contributed by atoms with Crippen molar-refractivity contribution < 1.29 is 13.9 Å². The van der Waals surface area contributed by atoms with Crippen LogP contribution in [-0.2, 0) is 4.79 Å². The molecule has 0 fully saturated rings. The minimum absolute atomic E-state index is 0.186. The van der Waals surface area contributed by atoms with E-state index in [0.717, 1.165) is 11.3 Å². The van der Waals surface area contributed by atoms with Gasteiger partial charge in [0.1, 0.15) is 11.6 Å². The average Bonchev–Trinajstić information content (AvgIpc) is 2.44. The number of nitrogens with one attached hydrogen (secondary N) is 1. The first-order valence-electron chi connectivity index (χ1n) is 6.59. The number of aryl methyl sites for hydroxylation is 1. The van der Waals surface area contributed by atoms with Gasteiger partial charge in [-0.15, -0.1) is 0 Å². The first-order valence-corrected chi connectivity index (χ1v) is 6.59. The fraction of sp³-hybridized carbons (Fsp3) is 0.188. The van der Waals surface area contributed by atoms with Crippen molar-refractivity contribution in [3.8, 4) is 5.75 Å². The van der Waals surface area contributed by atoms with Crippen LogP contribution in [0.1, 0.15) is 12.0 Å². The van der Waals surface area contributed by atoms with Gasteiger partial charge in [-0.1, -0.05) is 18.2 Å². The molecule has 0 spiro atoms. The van der Waals surface area contributed by atoms with Crippen molar-refractivity contribution >= 4 is 17.3 Å². The number of halogens is 1. The van der Waals surface area contributed by atoms with Crippen molar-refractivity contribution in [1.82, 2.24) is 0 Å². The zero-order valence-corrected chi connectivity index (χ0v) is 11.7. The lowest BCUT2D eigenvalue weighted by atomic mass is 10.2. The molecular formula is C16H17FN2O2. The highest BCUT2D eigenvalue weighted by molar-refractivity contribution is 5.93. The van der Waals surface area contributed by atoms with Crippen LogP contribution in [-0.4, -0.2) is 12.5 Å². The van der Waals surface area contributed by atoms with Crippen LogP contribution >= 0.6 is 0 Å². The maximum Gasteiger partial charge on any atom is 0.227 e. The molecule has 21 heavy (non-hydrogen) atoms. The molecule has 0 radical (unpaired) electrons. The second-order valence-electron chi connectivity index (χ2n) is 4.64. The van der Waals surface area contributed by atoms with E-state index in [1.807, 2.05) is 31.2 Å². The lowest BCUT2D eigenvalue weighted by Crippen LogP contribution is -2.16. The Morgan fingerprint density at radius 1 is 1.29 bits per heavy atom. The molecule has 0 saturated heterocycles. The Balaban J connectivity index is 1.84.